The summed E-state index contributed by atoms with van der Waals surface area (Å²) in [6, 6.07) is 10.1. The third kappa shape index (κ3) is 2.72. The van der Waals surface area contributed by atoms with Crippen molar-refractivity contribution in [3.63, 3.8) is 0 Å². The number of hydrogen-bond acceptors (Lipinski definition) is 5. The van der Waals surface area contributed by atoms with Crippen molar-refractivity contribution in [3.8, 4) is 11.3 Å². The van der Waals surface area contributed by atoms with Crippen molar-refractivity contribution in [2.24, 2.45) is 0 Å². The Morgan fingerprint density at radius 3 is 2.74 bits per heavy atom. The minimum absolute atomic E-state index is 0.137. The minimum Gasteiger partial charge on any atom is -0.371 e. The van der Waals surface area contributed by atoms with E-state index in [0.29, 0.717) is 5.95 Å². The van der Waals surface area contributed by atoms with E-state index in [1.54, 1.807) is 6.20 Å². The predicted molar refractivity (Wildman–Crippen MR) is 73.4 cm³/mol. The molecule has 3 rings (SSSR count). The van der Waals surface area contributed by atoms with E-state index >= 15 is 0 Å². The molecule has 1 fully saturated rings. The topological polar surface area (TPSA) is 73.1 Å². The van der Waals surface area contributed by atoms with Crippen molar-refractivity contribution < 1.29 is 4.74 Å². The third-order valence-corrected chi connectivity index (χ3v) is 3.18. The molecule has 0 saturated carbocycles. The fraction of sp³-hybridized carbons (Fsp3) is 0.286. The molecule has 1 aromatic heterocycles. The summed E-state index contributed by atoms with van der Waals surface area (Å²) in [5, 5.41) is 3.32. The van der Waals surface area contributed by atoms with Crippen LogP contribution in [-0.4, -0.2) is 29.7 Å². The van der Waals surface area contributed by atoms with Crippen molar-refractivity contribution in [3.05, 3.63) is 42.1 Å². The highest BCUT2D eigenvalue weighted by Crippen LogP contribution is 2.23. The zero-order chi connectivity index (χ0) is 13.1. The molecule has 0 radical (unpaired) electrons. The standard InChI is InChI=1S/C14H16N4O/c15-14-17-6-5-12(18-14)10-1-3-11(4-2-10)13-9-16-7-8-19-13/h1-6,13,16H,7-9H2,(H2,15,17,18). The Kier molecular flexibility index (Phi) is 3.39. The lowest BCUT2D eigenvalue weighted by Gasteiger charge is -2.24. The summed E-state index contributed by atoms with van der Waals surface area (Å²) < 4.78 is 5.72. The number of aromatic nitrogens is 2. The number of nitrogens with one attached hydrogen (secondary N) is 1. The first kappa shape index (κ1) is 12.1. The average Bonchev–Trinajstić information content (AvgIpc) is 2.48. The molecule has 1 aliphatic heterocycles. The SMILES string of the molecule is Nc1nccc(-c2ccc(C3CNCCO3)cc2)n1. The van der Waals surface area contributed by atoms with Crippen LogP contribution in [0.4, 0.5) is 5.95 Å². The van der Waals surface area contributed by atoms with Crippen LogP contribution in [0.5, 0.6) is 0 Å². The van der Waals surface area contributed by atoms with Gasteiger partial charge in [0.1, 0.15) is 0 Å². The Balaban J connectivity index is 1.82. The summed E-state index contributed by atoms with van der Waals surface area (Å²) in [5.74, 6) is 0.293. The molecule has 19 heavy (non-hydrogen) atoms. The largest absolute Gasteiger partial charge is 0.371 e. The Hall–Kier alpha value is -1.98. The van der Waals surface area contributed by atoms with Crippen LogP contribution in [0.3, 0.4) is 0 Å². The van der Waals surface area contributed by atoms with Gasteiger partial charge in [0.15, 0.2) is 0 Å². The Labute approximate surface area is 111 Å². The zero-order valence-electron chi connectivity index (χ0n) is 10.5. The Bertz CT molecular complexity index is 550. The van der Waals surface area contributed by atoms with Gasteiger partial charge in [0.25, 0.3) is 0 Å². The number of nitrogens with two attached hydrogens (primary N) is 1. The molecule has 0 spiro atoms. The number of hydrogen-bond donors (Lipinski definition) is 2. The first-order chi connectivity index (χ1) is 9.33. The summed E-state index contributed by atoms with van der Waals surface area (Å²) in [6.07, 6.45) is 1.80. The number of nitrogen functional groups attached to an aromatic ring is 1. The molecule has 1 atom stereocenters. The first-order valence-electron chi connectivity index (χ1n) is 6.34. The number of rotatable bonds is 2. The van der Waals surface area contributed by atoms with Crippen LogP contribution in [0.2, 0.25) is 0 Å². The highest BCUT2D eigenvalue weighted by molar-refractivity contribution is 5.60. The van der Waals surface area contributed by atoms with E-state index in [-0.39, 0.29) is 6.10 Å². The fourth-order valence-corrected chi connectivity index (χ4v) is 2.18. The van der Waals surface area contributed by atoms with E-state index in [9.17, 15) is 0 Å². The quantitative estimate of drug-likeness (QED) is 0.849. The molecule has 2 aromatic rings. The van der Waals surface area contributed by atoms with Crippen LogP contribution in [0, 0.1) is 0 Å². The zero-order valence-corrected chi connectivity index (χ0v) is 10.5. The Morgan fingerprint density at radius 1 is 1.21 bits per heavy atom. The third-order valence-electron chi connectivity index (χ3n) is 3.18. The molecule has 2 heterocycles. The molecule has 1 saturated heterocycles. The van der Waals surface area contributed by atoms with Gasteiger partial charge in [-0.1, -0.05) is 24.3 Å². The normalized spacial score (nSPS) is 19.3. The monoisotopic (exact) mass is 256 g/mol. The molecule has 98 valence electrons. The van der Waals surface area contributed by atoms with Crippen LogP contribution >= 0.6 is 0 Å². The second kappa shape index (κ2) is 5.34. The average molecular weight is 256 g/mol. The van der Waals surface area contributed by atoms with Gasteiger partial charge in [-0.05, 0) is 11.6 Å². The van der Waals surface area contributed by atoms with E-state index in [1.165, 1.54) is 5.56 Å². The molecule has 3 N–H and O–H groups in total. The number of nitrogens with zero attached hydrogens (tertiary/aromatic N) is 2. The molecule has 0 bridgehead atoms. The molecule has 5 heteroatoms. The molecule has 1 aromatic carbocycles. The highest BCUT2D eigenvalue weighted by atomic mass is 16.5. The van der Waals surface area contributed by atoms with Crippen molar-refractivity contribution in [2.75, 3.05) is 25.4 Å². The van der Waals surface area contributed by atoms with Gasteiger partial charge in [0.05, 0.1) is 18.4 Å². The fourth-order valence-electron chi connectivity index (χ4n) is 2.18. The van der Waals surface area contributed by atoms with Crippen molar-refractivity contribution >= 4 is 5.95 Å². The molecular formula is C14H16N4O. The summed E-state index contributed by atoms with van der Waals surface area (Å²) in [4.78, 5) is 8.10. The van der Waals surface area contributed by atoms with Crippen LogP contribution in [-0.2, 0) is 4.74 Å². The van der Waals surface area contributed by atoms with E-state index in [1.807, 2.05) is 18.2 Å². The first-order valence-corrected chi connectivity index (χ1v) is 6.34. The lowest BCUT2D eigenvalue weighted by Crippen LogP contribution is -2.33. The predicted octanol–water partition coefficient (Wildman–Crippen LogP) is 1.39. The highest BCUT2D eigenvalue weighted by Gasteiger charge is 2.15. The van der Waals surface area contributed by atoms with Gasteiger partial charge in [-0.2, -0.15) is 0 Å². The maximum atomic E-state index is 5.72. The van der Waals surface area contributed by atoms with Crippen LogP contribution < -0.4 is 11.1 Å². The summed E-state index contributed by atoms with van der Waals surface area (Å²) in [7, 11) is 0. The van der Waals surface area contributed by atoms with Gasteiger partial charge in [-0.3, -0.25) is 0 Å². The van der Waals surface area contributed by atoms with Gasteiger partial charge in [0, 0.05) is 24.8 Å². The van der Waals surface area contributed by atoms with Gasteiger partial charge in [0.2, 0.25) is 5.95 Å². The summed E-state index contributed by atoms with van der Waals surface area (Å²) in [6.45, 7) is 2.55. The minimum atomic E-state index is 0.137. The van der Waals surface area contributed by atoms with Crippen LogP contribution in [0.25, 0.3) is 11.3 Å². The number of ether oxygens (including phenoxy) is 1. The van der Waals surface area contributed by atoms with Gasteiger partial charge < -0.3 is 15.8 Å². The second-order valence-electron chi connectivity index (χ2n) is 4.49. The van der Waals surface area contributed by atoms with Crippen molar-refractivity contribution in [1.29, 1.82) is 0 Å². The Morgan fingerprint density at radius 2 is 2.05 bits per heavy atom. The van der Waals surface area contributed by atoms with Crippen molar-refractivity contribution in [2.45, 2.75) is 6.10 Å². The van der Waals surface area contributed by atoms with Crippen LogP contribution in [0.15, 0.2) is 36.5 Å². The van der Waals surface area contributed by atoms with Gasteiger partial charge in [-0.25, -0.2) is 9.97 Å². The molecule has 5 nitrogen and oxygen atoms in total. The summed E-state index contributed by atoms with van der Waals surface area (Å²) in [5.41, 5.74) is 8.64. The van der Waals surface area contributed by atoms with Gasteiger partial charge >= 0.3 is 0 Å². The lowest BCUT2D eigenvalue weighted by atomic mass is 10.0. The number of morpholine rings is 1. The van der Waals surface area contributed by atoms with E-state index < -0.39 is 0 Å². The van der Waals surface area contributed by atoms with E-state index in [2.05, 4.69) is 27.4 Å². The lowest BCUT2D eigenvalue weighted by molar-refractivity contribution is 0.0277. The molecular weight excluding hydrogens is 240 g/mol. The maximum Gasteiger partial charge on any atom is 0.220 e. The molecule has 1 aliphatic rings. The smallest absolute Gasteiger partial charge is 0.220 e. The molecule has 1 unspecified atom stereocenters. The number of anilines is 1. The maximum absolute atomic E-state index is 5.72. The van der Waals surface area contributed by atoms with Gasteiger partial charge in [-0.15, -0.1) is 0 Å². The summed E-state index contributed by atoms with van der Waals surface area (Å²) >= 11 is 0. The molecule has 0 aliphatic carbocycles. The van der Waals surface area contributed by atoms with Crippen molar-refractivity contribution in [1.82, 2.24) is 15.3 Å². The molecule has 0 amide bonds. The number of benzene rings is 1. The second-order valence-corrected chi connectivity index (χ2v) is 4.49. The van der Waals surface area contributed by atoms with Crippen LogP contribution in [0.1, 0.15) is 11.7 Å². The van der Waals surface area contributed by atoms with E-state index in [4.69, 9.17) is 10.5 Å². The van der Waals surface area contributed by atoms with E-state index in [0.717, 1.165) is 31.0 Å².